The van der Waals surface area contributed by atoms with Crippen LogP contribution in [0, 0.1) is 5.82 Å². The normalized spacial score (nSPS) is 16.2. The van der Waals surface area contributed by atoms with Crippen molar-refractivity contribution in [1.29, 1.82) is 0 Å². The first-order valence-electron chi connectivity index (χ1n) is 8.79. The second kappa shape index (κ2) is 8.47. The summed E-state index contributed by atoms with van der Waals surface area (Å²) in [7, 11) is -3.41. The van der Waals surface area contributed by atoms with Crippen molar-refractivity contribution in [2.45, 2.75) is 17.6 Å². The summed E-state index contributed by atoms with van der Waals surface area (Å²) in [5.41, 5.74) is 1.02. The van der Waals surface area contributed by atoms with Crippen LogP contribution < -0.4 is 9.62 Å². The largest absolute Gasteiger partial charge is 0.369 e. The molecule has 5 nitrogen and oxygen atoms in total. The number of anilines is 1. The molecule has 0 radical (unpaired) electrons. The van der Waals surface area contributed by atoms with Gasteiger partial charge in [0.2, 0.25) is 10.0 Å². The SMILES string of the molecule is CCc1ccc(S(=O)(=O)NCCN2CCN(c3ccc(F)cc3)CC2)s1. The minimum Gasteiger partial charge on any atom is -0.369 e. The summed E-state index contributed by atoms with van der Waals surface area (Å²) >= 11 is 1.33. The molecule has 1 fully saturated rings. The van der Waals surface area contributed by atoms with Gasteiger partial charge in [-0.1, -0.05) is 6.92 Å². The molecule has 0 spiro atoms. The number of sulfonamides is 1. The average Bonchev–Trinajstić information content (AvgIpc) is 3.13. The number of nitrogens with zero attached hydrogens (tertiary/aromatic N) is 2. The predicted octanol–water partition coefficient (Wildman–Crippen LogP) is 2.55. The Labute approximate surface area is 158 Å². The van der Waals surface area contributed by atoms with Crippen LogP contribution in [0.2, 0.25) is 0 Å². The summed E-state index contributed by atoms with van der Waals surface area (Å²) in [5.74, 6) is -0.225. The summed E-state index contributed by atoms with van der Waals surface area (Å²) in [6.45, 7) is 6.52. The Balaban J connectivity index is 1.44. The van der Waals surface area contributed by atoms with Crippen LogP contribution in [0.3, 0.4) is 0 Å². The number of hydrogen-bond acceptors (Lipinski definition) is 5. The highest BCUT2D eigenvalue weighted by atomic mass is 32.2. The monoisotopic (exact) mass is 397 g/mol. The summed E-state index contributed by atoms with van der Waals surface area (Å²) < 4.78 is 40.7. The molecule has 1 aliphatic heterocycles. The second-order valence-electron chi connectivity index (χ2n) is 6.28. The number of rotatable bonds is 7. The zero-order chi connectivity index (χ0) is 18.6. The molecule has 0 unspecified atom stereocenters. The van der Waals surface area contributed by atoms with E-state index in [9.17, 15) is 12.8 Å². The van der Waals surface area contributed by atoms with Crippen LogP contribution in [0.1, 0.15) is 11.8 Å². The molecule has 142 valence electrons. The van der Waals surface area contributed by atoms with E-state index in [1.165, 1.54) is 23.5 Å². The highest BCUT2D eigenvalue weighted by Gasteiger charge is 2.19. The Hall–Kier alpha value is -1.48. The molecule has 0 saturated carbocycles. The molecule has 1 aromatic carbocycles. The maximum absolute atomic E-state index is 13.0. The number of thiophene rings is 1. The maximum atomic E-state index is 13.0. The van der Waals surface area contributed by atoms with E-state index < -0.39 is 10.0 Å². The van der Waals surface area contributed by atoms with Crippen molar-refractivity contribution in [2.24, 2.45) is 0 Å². The van der Waals surface area contributed by atoms with Gasteiger partial charge in [-0.2, -0.15) is 0 Å². The highest BCUT2D eigenvalue weighted by molar-refractivity contribution is 7.91. The van der Waals surface area contributed by atoms with Crippen molar-refractivity contribution in [2.75, 3.05) is 44.2 Å². The fraction of sp³-hybridized carbons (Fsp3) is 0.444. The van der Waals surface area contributed by atoms with E-state index >= 15 is 0 Å². The fourth-order valence-electron chi connectivity index (χ4n) is 2.98. The Morgan fingerprint density at radius 3 is 2.38 bits per heavy atom. The smallest absolute Gasteiger partial charge is 0.250 e. The average molecular weight is 398 g/mol. The molecule has 26 heavy (non-hydrogen) atoms. The van der Waals surface area contributed by atoms with Crippen molar-refractivity contribution >= 4 is 27.0 Å². The zero-order valence-corrected chi connectivity index (χ0v) is 16.5. The number of hydrogen-bond donors (Lipinski definition) is 1. The molecule has 1 saturated heterocycles. The van der Waals surface area contributed by atoms with Gasteiger partial charge in [0.1, 0.15) is 10.0 Å². The zero-order valence-electron chi connectivity index (χ0n) is 14.8. The van der Waals surface area contributed by atoms with Crippen LogP contribution in [0.15, 0.2) is 40.6 Å². The van der Waals surface area contributed by atoms with Crippen molar-refractivity contribution in [3.63, 3.8) is 0 Å². The van der Waals surface area contributed by atoms with Crippen LogP contribution >= 0.6 is 11.3 Å². The molecule has 1 aliphatic rings. The van der Waals surface area contributed by atoms with Gasteiger partial charge in [0.15, 0.2) is 0 Å². The third-order valence-corrected chi connectivity index (χ3v) is 7.72. The molecule has 0 bridgehead atoms. The number of benzene rings is 1. The van der Waals surface area contributed by atoms with Crippen LogP contribution in [0.25, 0.3) is 0 Å². The van der Waals surface area contributed by atoms with E-state index in [0.29, 0.717) is 17.3 Å². The molecule has 0 atom stereocenters. The van der Waals surface area contributed by atoms with Crippen molar-refractivity contribution in [3.8, 4) is 0 Å². The van der Waals surface area contributed by atoms with Crippen LogP contribution in [-0.4, -0.2) is 52.6 Å². The van der Waals surface area contributed by atoms with Crippen LogP contribution in [0.4, 0.5) is 10.1 Å². The van der Waals surface area contributed by atoms with Gasteiger partial charge >= 0.3 is 0 Å². The summed E-state index contributed by atoms with van der Waals surface area (Å²) in [6.07, 6.45) is 0.846. The van der Waals surface area contributed by atoms with Crippen molar-refractivity contribution in [1.82, 2.24) is 9.62 Å². The first-order valence-corrected chi connectivity index (χ1v) is 11.1. The van der Waals surface area contributed by atoms with Gasteiger partial charge in [0.05, 0.1) is 0 Å². The summed E-state index contributed by atoms with van der Waals surface area (Å²) in [5, 5.41) is 0. The molecule has 0 aliphatic carbocycles. The highest BCUT2D eigenvalue weighted by Crippen LogP contribution is 2.21. The van der Waals surface area contributed by atoms with Gasteiger partial charge < -0.3 is 4.90 Å². The lowest BCUT2D eigenvalue weighted by Crippen LogP contribution is -2.48. The maximum Gasteiger partial charge on any atom is 0.250 e. The quantitative estimate of drug-likeness (QED) is 0.780. The lowest BCUT2D eigenvalue weighted by atomic mass is 10.2. The van der Waals surface area contributed by atoms with Gasteiger partial charge in [-0.3, -0.25) is 4.90 Å². The molecule has 8 heteroatoms. The number of nitrogens with one attached hydrogen (secondary N) is 1. The van der Waals surface area contributed by atoms with E-state index in [-0.39, 0.29) is 5.82 Å². The van der Waals surface area contributed by atoms with Crippen molar-refractivity contribution < 1.29 is 12.8 Å². The molecular formula is C18H24FN3O2S2. The number of piperazine rings is 1. The molecule has 0 amide bonds. The summed E-state index contributed by atoms with van der Waals surface area (Å²) in [4.78, 5) is 5.54. The third kappa shape index (κ3) is 4.82. The lowest BCUT2D eigenvalue weighted by Gasteiger charge is -2.36. The number of aryl methyl sites for hydroxylation is 1. The van der Waals surface area contributed by atoms with E-state index in [1.807, 2.05) is 13.0 Å². The minimum atomic E-state index is -3.41. The summed E-state index contributed by atoms with van der Waals surface area (Å²) in [6, 6.07) is 10.1. The molecule has 1 aromatic heterocycles. The van der Waals surface area contributed by atoms with Gasteiger partial charge in [-0.25, -0.2) is 17.5 Å². The van der Waals surface area contributed by atoms with Gasteiger partial charge in [0.25, 0.3) is 0 Å². The number of halogens is 1. The third-order valence-electron chi connectivity index (χ3n) is 4.53. The fourth-order valence-corrected chi connectivity index (χ4v) is 5.34. The van der Waals surface area contributed by atoms with Gasteiger partial charge in [-0.05, 0) is 42.8 Å². The second-order valence-corrected chi connectivity index (χ2v) is 9.44. The lowest BCUT2D eigenvalue weighted by molar-refractivity contribution is 0.262. The molecular weight excluding hydrogens is 373 g/mol. The van der Waals surface area contributed by atoms with Gasteiger partial charge in [-0.15, -0.1) is 11.3 Å². The van der Waals surface area contributed by atoms with Crippen LogP contribution in [0.5, 0.6) is 0 Å². The van der Waals surface area contributed by atoms with Crippen molar-refractivity contribution in [3.05, 3.63) is 47.1 Å². The molecule has 2 heterocycles. The topological polar surface area (TPSA) is 52.7 Å². The van der Waals surface area contributed by atoms with Gasteiger partial charge in [0, 0.05) is 49.8 Å². The first-order chi connectivity index (χ1) is 12.5. The Morgan fingerprint density at radius 2 is 1.77 bits per heavy atom. The standard InChI is InChI=1S/C18H24FN3O2S2/c1-2-17-7-8-18(25-17)26(23,24)20-9-10-21-11-13-22(14-12-21)16-5-3-15(19)4-6-16/h3-8,20H,2,9-14H2,1H3. The minimum absolute atomic E-state index is 0.225. The Morgan fingerprint density at radius 1 is 1.08 bits per heavy atom. The van der Waals surface area contributed by atoms with E-state index in [1.54, 1.807) is 18.2 Å². The Kier molecular flexibility index (Phi) is 6.29. The molecule has 3 rings (SSSR count). The predicted molar refractivity (Wildman–Crippen MR) is 104 cm³/mol. The Bertz CT molecular complexity index is 813. The van der Waals surface area contributed by atoms with E-state index in [2.05, 4.69) is 14.5 Å². The van der Waals surface area contributed by atoms with E-state index in [0.717, 1.165) is 43.2 Å². The molecule has 2 aromatic rings. The molecule has 1 N–H and O–H groups in total. The van der Waals surface area contributed by atoms with Crippen LogP contribution in [-0.2, 0) is 16.4 Å². The van der Waals surface area contributed by atoms with E-state index in [4.69, 9.17) is 0 Å². The first kappa shape index (κ1) is 19.3.